The first-order valence-electron chi connectivity index (χ1n) is 22.5. The van der Waals surface area contributed by atoms with Gasteiger partial charge in [-0.25, -0.2) is 0 Å². The van der Waals surface area contributed by atoms with Crippen LogP contribution in [0.5, 0.6) is 0 Å². The van der Waals surface area contributed by atoms with Crippen LogP contribution in [0.4, 0.5) is 17.1 Å². The van der Waals surface area contributed by atoms with E-state index in [0.717, 1.165) is 44.5 Å². The molecule has 0 bridgehead atoms. The molecule has 0 amide bonds. The van der Waals surface area contributed by atoms with Crippen molar-refractivity contribution in [3.8, 4) is 22.3 Å². The summed E-state index contributed by atoms with van der Waals surface area (Å²) < 4.78 is 11.5. The molecule has 65 heavy (non-hydrogen) atoms. The van der Waals surface area contributed by atoms with Crippen molar-refractivity contribution in [2.75, 3.05) is 4.90 Å². The minimum absolute atomic E-state index is 0.471. The monoisotopic (exact) mass is 825 g/mol. The van der Waals surface area contributed by atoms with Crippen molar-refractivity contribution in [1.29, 1.82) is 0 Å². The first kappa shape index (κ1) is 34.0. The van der Waals surface area contributed by atoms with Crippen molar-refractivity contribution < 1.29 is 4.42 Å². The van der Waals surface area contributed by atoms with E-state index in [1.165, 1.54) is 93.6 Å². The summed E-state index contributed by atoms with van der Waals surface area (Å²) in [5.41, 5.74) is 22.3. The molecular formula is C61H35N3O. The Labute approximate surface area is 372 Å². The van der Waals surface area contributed by atoms with Crippen LogP contribution in [0.15, 0.2) is 217 Å². The third kappa shape index (κ3) is 4.05. The highest BCUT2D eigenvalue weighted by atomic mass is 16.3. The number of rotatable bonds is 3. The third-order valence-electron chi connectivity index (χ3n) is 15.0. The predicted molar refractivity (Wildman–Crippen MR) is 268 cm³/mol. The molecule has 2 aliphatic rings. The highest BCUT2D eigenvalue weighted by molar-refractivity contribution is 6.25. The zero-order valence-corrected chi connectivity index (χ0v) is 35.0. The Bertz CT molecular complexity index is 4330. The van der Waals surface area contributed by atoms with E-state index in [4.69, 9.17) is 4.42 Å². The smallest absolute Gasteiger partial charge is 0.135 e. The summed E-state index contributed by atoms with van der Waals surface area (Å²) in [6.45, 7) is 0. The van der Waals surface area contributed by atoms with Crippen molar-refractivity contribution in [3.63, 3.8) is 0 Å². The van der Waals surface area contributed by atoms with Gasteiger partial charge in [-0.3, -0.25) is 0 Å². The van der Waals surface area contributed by atoms with E-state index in [-0.39, 0.29) is 0 Å². The van der Waals surface area contributed by atoms with Crippen LogP contribution in [-0.2, 0) is 5.41 Å². The quantitative estimate of drug-likeness (QED) is 0.166. The van der Waals surface area contributed by atoms with E-state index in [2.05, 4.69) is 220 Å². The van der Waals surface area contributed by atoms with Gasteiger partial charge in [0.2, 0.25) is 0 Å². The zero-order valence-electron chi connectivity index (χ0n) is 35.0. The lowest BCUT2D eigenvalue weighted by Crippen LogP contribution is -2.26. The number of furan rings is 1. The normalized spacial score (nSPS) is 13.7. The highest BCUT2D eigenvalue weighted by Gasteiger charge is 2.51. The predicted octanol–water partition coefficient (Wildman–Crippen LogP) is 16.0. The van der Waals surface area contributed by atoms with Gasteiger partial charge in [0.05, 0.1) is 38.5 Å². The molecule has 4 aromatic heterocycles. The lowest BCUT2D eigenvalue weighted by molar-refractivity contribution is 0.669. The van der Waals surface area contributed by atoms with Crippen LogP contribution in [0.2, 0.25) is 0 Å². The fraction of sp³-hybridized carbons (Fsp3) is 0.0164. The van der Waals surface area contributed by atoms with Crippen LogP contribution < -0.4 is 4.90 Å². The number of para-hydroxylation sites is 3. The van der Waals surface area contributed by atoms with E-state index in [1.807, 2.05) is 6.07 Å². The maximum absolute atomic E-state index is 6.43. The summed E-state index contributed by atoms with van der Waals surface area (Å²) in [6.07, 6.45) is 0. The zero-order chi connectivity index (χ0) is 42.1. The van der Waals surface area contributed by atoms with Gasteiger partial charge in [-0.15, -0.1) is 0 Å². The van der Waals surface area contributed by atoms with E-state index in [0.29, 0.717) is 0 Å². The summed E-state index contributed by atoms with van der Waals surface area (Å²) in [7, 11) is 0. The molecule has 4 heteroatoms. The van der Waals surface area contributed by atoms with Gasteiger partial charge in [-0.1, -0.05) is 146 Å². The van der Waals surface area contributed by atoms with Gasteiger partial charge in [-0.05, 0) is 111 Å². The van der Waals surface area contributed by atoms with Gasteiger partial charge in [0.25, 0.3) is 0 Å². The maximum atomic E-state index is 6.43. The van der Waals surface area contributed by atoms with Crippen LogP contribution in [-0.4, -0.2) is 8.80 Å². The molecular weight excluding hydrogens is 791 g/mol. The minimum Gasteiger partial charge on any atom is -0.456 e. The Morgan fingerprint density at radius 3 is 1.45 bits per heavy atom. The molecule has 0 saturated heterocycles. The van der Waals surface area contributed by atoms with Crippen LogP contribution in [0.3, 0.4) is 0 Å². The summed E-state index contributed by atoms with van der Waals surface area (Å²) in [4.78, 5) is 2.47. The number of hydrogen-bond donors (Lipinski definition) is 0. The molecule has 10 aromatic carbocycles. The molecule has 1 spiro atoms. The molecule has 300 valence electrons. The van der Waals surface area contributed by atoms with E-state index >= 15 is 0 Å². The topological polar surface area (TPSA) is 25.2 Å². The van der Waals surface area contributed by atoms with Crippen molar-refractivity contribution >= 4 is 93.6 Å². The number of hydrogen-bond acceptors (Lipinski definition) is 2. The molecule has 0 unspecified atom stereocenters. The number of nitrogens with zero attached hydrogens (tertiary/aromatic N) is 3. The molecule has 0 N–H and O–H groups in total. The maximum Gasteiger partial charge on any atom is 0.135 e. The molecule has 14 aromatic rings. The van der Waals surface area contributed by atoms with Crippen molar-refractivity contribution in [3.05, 3.63) is 235 Å². The Morgan fingerprint density at radius 1 is 0.308 bits per heavy atom. The Hall–Kier alpha value is -8.60. The molecule has 16 rings (SSSR count). The SMILES string of the molecule is c1ccc2c(c1)-c1ccccc1C21c2ccccc2-c2ccc(N(c3ccc4oc5ccccc5c4c3)c3ccc4c(c3)n3c5ccccc5c5ccc6c7ccccc7n4c6c53)cc21. The van der Waals surface area contributed by atoms with Crippen molar-refractivity contribution in [2.24, 2.45) is 0 Å². The van der Waals surface area contributed by atoms with E-state index in [9.17, 15) is 0 Å². The molecule has 0 saturated carbocycles. The second kappa shape index (κ2) is 11.9. The average molecular weight is 826 g/mol. The molecule has 2 aliphatic carbocycles. The van der Waals surface area contributed by atoms with Gasteiger partial charge in [-0.2, -0.15) is 0 Å². The standard InChI is InChI=1S/C61H35N3O/c1-7-19-49-39(13-1)40-14-2-8-20-50(40)61(49)51-21-9-3-15-41(51)42-28-25-37(34-52(42)61)62(36-27-32-58-48(33-36)45-18-6-12-24-57(45)65-58)38-26-31-55-56(35-38)64-54-23-11-5-17-44(54)47-30-29-46-43-16-4-10-22-53(43)63(55)59(46)60(47)64/h1-35H. The Balaban J connectivity index is 1.02. The number of benzene rings is 10. The van der Waals surface area contributed by atoms with E-state index < -0.39 is 5.41 Å². The Morgan fingerprint density at radius 2 is 0.785 bits per heavy atom. The average Bonchev–Trinajstić information content (AvgIpc) is 4.15. The fourth-order valence-corrected chi connectivity index (χ4v) is 12.5. The minimum atomic E-state index is -0.471. The fourth-order valence-electron chi connectivity index (χ4n) is 12.5. The number of aromatic nitrogens is 2. The molecule has 0 atom stereocenters. The van der Waals surface area contributed by atoms with Crippen LogP contribution in [0.25, 0.3) is 98.8 Å². The highest BCUT2D eigenvalue weighted by Crippen LogP contribution is 2.63. The van der Waals surface area contributed by atoms with Crippen molar-refractivity contribution in [1.82, 2.24) is 8.80 Å². The first-order chi connectivity index (χ1) is 32.3. The van der Waals surface area contributed by atoms with Gasteiger partial charge in [0.15, 0.2) is 0 Å². The third-order valence-corrected chi connectivity index (χ3v) is 15.0. The van der Waals surface area contributed by atoms with Crippen molar-refractivity contribution in [2.45, 2.75) is 5.41 Å². The lowest BCUT2D eigenvalue weighted by Gasteiger charge is -2.32. The first-order valence-corrected chi connectivity index (χ1v) is 22.5. The van der Waals surface area contributed by atoms with Gasteiger partial charge >= 0.3 is 0 Å². The van der Waals surface area contributed by atoms with Gasteiger partial charge in [0, 0.05) is 49.4 Å². The van der Waals surface area contributed by atoms with Gasteiger partial charge < -0.3 is 18.1 Å². The molecule has 0 radical (unpaired) electrons. The summed E-state index contributed by atoms with van der Waals surface area (Å²) in [5.74, 6) is 0. The second-order valence-electron chi connectivity index (χ2n) is 18.0. The molecule has 0 fully saturated rings. The summed E-state index contributed by atoms with van der Waals surface area (Å²) >= 11 is 0. The van der Waals surface area contributed by atoms with Crippen LogP contribution in [0.1, 0.15) is 22.3 Å². The molecule has 4 nitrogen and oxygen atoms in total. The summed E-state index contributed by atoms with van der Waals surface area (Å²) in [5, 5.41) is 7.27. The summed E-state index contributed by atoms with van der Waals surface area (Å²) in [6, 6.07) is 78.9. The largest absolute Gasteiger partial charge is 0.456 e. The van der Waals surface area contributed by atoms with Crippen LogP contribution in [0, 0.1) is 0 Å². The van der Waals surface area contributed by atoms with E-state index in [1.54, 1.807) is 0 Å². The lowest BCUT2D eigenvalue weighted by atomic mass is 9.70. The number of anilines is 3. The van der Waals surface area contributed by atoms with Gasteiger partial charge in [0.1, 0.15) is 11.2 Å². The Kier molecular flexibility index (Phi) is 6.21. The number of fused-ring (bicyclic) bond motifs is 22. The van der Waals surface area contributed by atoms with Crippen LogP contribution >= 0.6 is 0 Å². The molecule has 4 heterocycles. The molecule has 0 aliphatic heterocycles. The second-order valence-corrected chi connectivity index (χ2v) is 18.0.